The largest absolute Gasteiger partial charge is 0.472 e. The standard InChI is InChI=1S/C64H124O17P2/c1-6-9-12-15-17-19-21-22-26-29-33-38-43-48-62(67)75-54-60(81-64(69)50-45-40-35-31-27-23-25-28-32-37-41-46-57(4)5)56-79-83(72,73)77-52-58(65)51-76-82(70,71)78-55-59(53-74-61(66)47-42-36-14-11-8-3)80-63(68)49-44-39-34-30-24-20-18-16-13-10-7-2/h57-60,65H,6-56H2,1-5H3,(H,70,71)(H,72,73)/t58-,59+,60+/m0/s1. The summed E-state index contributed by atoms with van der Waals surface area (Å²) in [7, 11) is -9.88. The van der Waals surface area contributed by atoms with Crippen molar-refractivity contribution < 1.29 is 80.2 Å². The first kappa shape index (κ1) is 81.1. The molecule has 0 fully saturated rings. The van der Waals surface area contributed by atoms with Crippen LogP contribution in [-0.4, -0.2) is 96.7 Å². The van der Waals surface area contributed by atoms with Crippen LogP contribution >= 0.6 is 15.6 Å². The molecule has 0 radical (unpaired) electrons. The average molecular weight is 1230 g/mol. The molecule has 0 heterocycles. The Bertz CT molecular complexity index is 1620. The van der Waals surface area contributed by atoms with Crippen molar-refractivity contribution in [3.8, 4) is 0 Å². The van der Waals surface area contributed by atoms with Crippen LogP contribution in [0.2, 0.25) is 0 Å². The first-order valence-electron chi connectivity index (χ1n) is 33.6. The van der Waals surface area contributed by atoms with Crippen LogP contribution < -0.4 is 0 Å². The molecule has 3 N–H and O–H groups in total. The predicted octanol–water partition coefficient (Wildman–Crippen LogP) is 17.8. The second kappa shape index (κ2) is 57.8. The first-order chi connectivity index (χ1) is 40.0. The van der Waals surface area contributed by atoms with Crippen molar-refractivity contribution >= 4 is 39.5 Å². The molecule has 0 saturated heterocycles. The third-order valence-electron chi connectivity index (χ3n) is 14.8. The molecule has 0 aliphatic rings. The van der Waals surface area contributed by atoms with Crippen molar-refractivity contribution in [1.82, 2.24) is 0 Å². The second-order valence-electron chi connectivity index (χ2n) is 23.6. The summed E-state index contributed by atoms with van der Waals surface area (Å²) in [5.74, 6) is -1.38. The number of unbranched alkanes of at least 4 members (excludes halogenated alkanes) is 36. The molecular formula is C64H124O17P2. The van der Waals surface area contributed by atoms with E-state index in [1.54, 1.807) is 0 Å². The summed E-state index contributed by atoms with van der Waals surface area (Å²) < 4.78 is 67.8. The van der Waals surface area contributed by atoms with Crippen LogP contribution in [0.15, 0.2) is 0 Å². The van der Waals surface area contributed by atoms with Gasteiger partial charge in [-0.1, -0.05) is 272 Å². The lowest BCUT2D eigenvalue weighted by Gasteiger charge is -2.21. The van der Waals surface area contributed by atoms with Crippen LogP contribution in [0.5, 0.6) is 0 Å². The fraction of sp³-hybridized carbons (Fsp3) is 0.938. The van der Waals surface area contributed by atoms with E-state index in [4.69, 9.17) is 37.0 Å². The van der Waals surface area contributed by atoms with Gasteiger partial charge in [0.2, 0.25) is 0 Å². The number of hydrogen-bond donors (Lipinski definition) is 3. The van der Waals surface area contributed by atoms with E-state index in [9.17, 15) is 43.2 Å². The Balaban J connectivity index is 5.18. The highest BCUT2D eigenvalue weighted by molar-refractivity contribution is 7.47. The summed E-state index contributed by atoms with van der Waals surface area (Å²) in [5.41, 5.74) is 0. The molecule has 19 heteroatoms. The van der Waals surface area contributed by atoms with Gasteiger partial charge in [-0.05, 0) is 31.6 Å². The highest BCUT2D eigenvalue weighted by Crippen LogP contribution is 2.45. The Morgan fingerprint density at radius 1 is 0.325 bits per heavy atom. The van der Waals surface area contributed by atoms with Crippen LogP contribution in [0.25, 0.3) is 0 Å². The van der Waals surface area contributed by atoms with Gasteiger partial charge in [0.05, 0.1) is 26.4 Å². The van der Waals surface area contributed by atoms with Gasteiger partial charge in [0.1, 0.15) is 19.3 Å². The normalized spacial score (nSPS) is 14.2. The highest BCUT2D eigenvalue weighted by atomic mass is 31.2. The Hall–Kier alpha value is -1.94. The molecule has 0 saturated carbocycles. The van der Waals surface area contributed by atoms with Crippen molar-refractivity contribution in [1.29, 1.82) is 0 Å². The SMILES string of the molecule is CCCCCCCCCCCCCCCC(=O)OC[C@H](COP(=O)(O)OC[C@@H](O)COP(=O)(O)OC[C@@H](COC(=O)CCCCCCC)OC(=O)CCCCCCCCCCCCC)OC(=O)CCCCCCCCCCCCCC(C)C. The summed E-state index contributed by atoms with van der Waals surface area (Å²) in [4.78, 5) is 72.0. The zero-order valence-electron chi connectivity index (χ0n) is 53.3. The van der Waals surface area contributed by atoms with Crippen LogP contribution in [0, 0.1) is 5.92 Å². The molecule has 0 bridgehead atoms. The molecular weight excluding hydrogens is 1100 g/mol. The van der Waals surface area contributed by atoms with Crippen molar-refractivity contribution in [2.75, 3.05) is 39.6 Å². The van der Waals surface area contributed by atoms with Crippen molar-refractivity contribution in [3.63, 3.8) is 0 Å². The zero-order chi connectivity index (χ0) is 61.3. The van der Waals surface area contributed by atoms with Crippen LogP contribution in [0.3, 0.4) is 0 Å². The first-order valence-corrected chi connectivity index (χ1v) is 36.6. The van der Waals surface area contributed by atoms with Gasteiger partial charge >= 0.3 is 39.5 Å². The lowest BCUT2D eigenvalue weighted by molar-refractivity contribution is -0.161. The van der Waals surface area contributed by atoms with E-state index in [-0.39, 0.29) is 25.7 Å². The number of ether oxygens (including phenoxy) is 4. The minimum Gasteiger partial charge on any atom is -0.462 e. The van der Waals surface area contributed by atoms with Gasteiger partial charge in [-0.25, -0.2) is 9.13 Å². The number of esters is 4. The summed E-state index contributed by atoms with van der Waals surface area (Å²) in [6, 6.07) is 0. The van der Waals surface area contributed by atoms with Crippen LogP contribution in [0.1, 0.15) is 324 Å². The van der Waals surface area contributed by atoms with E-state index in [2.05, 4.69) is 34.6 Å². The zero-order valence-corrected chi connectivity index (χ0v) is 55.1. The van der Waals surface area contributed by atoms with E-state index in [0.29, 0.717) is 25.7 Å². The molecule has 0 aromatic carbocycles. The molecule has 17 nitrogen and oxygen atoms in total. The van der Waals surface area contributed by atoms with Gasteiger partial charge in [-0.2, -0.15) is 0 Å². The maximum Gasteiger partial charge on any atom is 0.472 e. The summed E-state index contributed by atoms with van der Waals surface area (Å²) in [6.45, 7) is 7.11. The maximum absolute atomic E-state index is 13.0. The fourth-order valence-corrected chi connectivity index (χ4v) is 11.2. The number of carbonyl (C=O) groups is 4. The monoisotopic (exact) mass is 1230 g/mol. The third kappa shape index (κ3) is 58.8. The van der Waals surface area contributed by atoms with Gasteiger partial charge in [-0.15, -0.1) is 0 Å². The quantitative estimate of drug-likeness (QED) is 0.0222. The van der Waals surface area contributed by atoms with Crippen molar-refractivity contribution in [3.05, 3.63) is 0 Å². The number of rotatable bonds is 64. The fourth-order valence-electron chi connectivity index (χ4n) is 9.58. The molecule has 0 amide bonds. The lowest BCUT2D eigenvalue weighted by Crippen LogP contribution is -2.30. The van der Waals surface area contributed by atoms with Gasteiger partial charge in [-0.3, -0.25) is 37.3 Å². The van der Waals surface area contributed by atoms with E-state index in [1.165, 1.54) is 141 Å². The molecule has 0 aromatic heterocycles. The minimum atomic E-state index is -4.94. The van der Waals surface area contributed by atoms with Gasteiger partial charge in [0, 0.05) is 25.7 Å². The molecule has 83 heavy (non-hydrogen) atoms. The molecule has 2 unspecified atom stereocenters. The lowest BCUT2D eigenvalue weighted by atomic mass is 10.0. The smallest absolute Gasteiger partial charge is 0.462 e. The van der Waals surface area contributed by atoms with Gasteiger partial charge in [0.15, 0.2) is 12.2 Å². The van der Waals surface area contributed by atoms with E-state index < -0.39 is 97.5 Å². The third-order valence-corrected chi connectivity index (χ3v) is 16.7. The van der Waals surface area contributed by atoms with Gasteiger partial charge < -0.3 is 33.8 Å². The molecule has 0 rings (SSSR count). The summed E-state index contributed by atoms with van der Waals surface area (Å²) >= 11 is 0. The highest BCUT2D eigenvalue weighted by Gasteiger charge is 2.30. The van der Waals surface area contributed by atoms with Gasteiger partial charge in [0.25, 0.3) is 0 Å². The molecule has 0 aliphatic carbocycles. The number of hydrogen-bond acceptors (Lipinski definition) is 15. The molecule has 5 atom stereocenters. The maximum atomic E-state index is 13.0. The average Bonchev–Trinajstić information content (AvgIpc) is 3.45. The molecule has 0 spiro atoms. The van der Waals surface area contributed by atoms with Crippen molar-refractivity contribution in [2.24, 2.45) is 5.92 Å². The Morgan fingerprint density at radius 2 is 0.554 bits per heavy atom. The summed E-state index contributed by atoms with van der Waals surface area (Å²) in [6.07, 6.45) is 41.9. The van der Waals surface area contributed by atoms with E-state index in [1.807, 2.05) is 0 Å². The number of aliphatic hydroxyl groups excluding tert-OH is 1. The van der Waals surface area contributed by atoms with Crippen LogP contribution in [0.4, 0.5) is 0 Å². The van der Waals surface area contributed by atoms with E-state index >= 15 is 0 Å². The number of phosphoric ester groups is 2. The Morgan fingerprint density at radius 3 is 0.819 bits per heavy atom. The molecule has 492 valence electrons. The number of carbonyl (C=O) groups excluding carboxylic acids is 4. The van der Waals surface area contributed by atoms with Crippen molar-refractivity contribution in [2.45, 2.75) is 342 Å². The van der Waals surface area contributed by atoms with Crippen LogP contribution in [-0.2, 0) is 65.4 Å². The number of phosphoric acid groups is 2. The minimum absolute atomic E-state index is 0.106. The molecule has 0 aliphatic heterocycles. The topological polar surface area (TPSA) is 237 Å². The summed E-state index contributed by atoms with van der Waals surface area (Å²) in [5, 5.41) is 10.5. The number of aliphatic hydroxyl groups is 1. The Labute approximate surface area is 505 Å². The van der Waals surface area contributed by atoms with E-state index in [0.717, 1.165) is 102 Å². The molecule has 0 aromatic rings. The predicted molar refractivity (Wildman–Crippen MR) is 331 cm³/mol. The second-order valence-corrected chi connectivity index (χ2v) is 26.5. The Kier molecular flexibility index (Phi) is 56.4.